The monoisotopic (exact) mass is 206 g/mol. The molecule has 0 saturated heterocycles. The van der Waals surface area contributed by atoms with Crippen molar-refractivity contribution in [3.8, 4) is 0 Å². The molecule has 7 nitrogen and oxygen atoms in total. The number of hydrogen-bond acceptors (Lipinski definition) is 3. The van der Waals surface area contributed by atoms with Gasteiger partial charge in [0.2, 0.25) is 0 Å². The molecule has 0 aromatic heterocycles. The van der Waals surface area contributed by atoms with Crippen LogP contribution in [0, 0.1) is 0 Å². The lowest BCUT2D eigenvalue weighted by Gasteiger charge is -2.16. The van der Waals surface area contributed by atoms with Gasteiger partial charge in [-0.15, -0.1) is 0 Å². The van der Waals surface area contributed by atoms with Gasteiger partial charge in [-0.05, 0) is 0 Å². The largest absolute Gasteiger partial charge is 0.366 e. The SMILES string of the molecule is COC(P(=O)(O)O)P(=O)(O)O. The third-order valence-electron chi connectivity index (χ3n) is 0.786. The van der Waals surface area contributed by atoms with Crippen molar-refractivity contribution in [1.29, 1.82) is 0 Å². The summed E-state index contributed by atoms with van der Waals surface area (Å²) < 4.78 is 24.5. The summed E-state index contributed by atoms with van der Waals surface area (Å²) in [6.45, 7) is 0. The van der Waals surface area contributed by atoms with Crippen molar-refractivity contribution in [2.75, 3.05) is 7.11 Å². The highest BCUT2D eigenvalue weighted by molar-refractivity contribution is 7.70. The van der Waals surface area contributed by atoms with Gasteiger partial charge in [0, 0.05) is 7.11 Å². The van der Waals surface area contributed by atoms with Crippen LogP contribution in [0.1, 0.15) is 0 Å². The summed E-state index contributed by atoms with van der Waals surface area (Å²) in [4.78, 5) is 33.2. The zero-order valence-electron chi connectivity index (χ0n) is 5.49. The van der Waals surface area contributed by atoms with E-state index in [0.29, 0.717) is 0 Å². The van der Waals surface area contributed by atoms with Crippen LogP contribution in [-0.4, -0.2) is 32.3 Å². The molecule has 0 fully saturated rings. The van der Waals surface area contributed by atoms with Crippen molar-refractivity contribution in [2.24, 2.45) is 0 Å². The van der Waals surface area contributed by atoms with E-state index in [2.05, 4.69) is 4.74 Å². The van der Waals surface area contributed by atoms with E-state index in [1.54, 1.807) is 0 Å². The van der Waals surface area contributed by atoms with E-state index in [0.717, 1.165) is 7.11 Å². The minimum Gasteiger partial charge on any atom is -0.358 e. The molecule has 0 aromatic rings. The number of ether oxygens (including phenoxy) is 1. The van der Waals surface area contributed by atoms with Crippen molar-refractivity contribution in [3.63, 3.8) is 0 Å². The Balaban J connectivity index is 4.72. The molecule has 0 amide bonds. The first kappa shape index (κ1) is 11.3. The molecule has 0 rings (SSSR count). The van der Waals surface area contributed by atoms with Gasteiger partial charge in [-0.1, -0.05) is 0 Å². The Hall–Kier alpha value is 0.260. The normalized spacial score (nSPS) is 14.0. The molecule has 0 aliphatic heterocycles. The van der Waals surface area contributed by atoms with Crippen LogP contribution in [0.15, 0.2) is 0 Å². The zero-order chi connectivity index (χ0) is 9.28. The van der Waals surface area contributed by atoms with Gasteiger partial charge in [-0.2, -0.15) is 0 Å². The predicted molar refractivity (Wildman–Crippen MR) is 34.9 cm³/mol. The number of methoxy groups -OCH3 is 1. The van der Waals surface area contributed by atoms with Crippen molar-refractivity contribution in [2.45, 2.75) is 5.59 Å². The minimum atomic E-state index is -4.88. The molecule has 0 unspecified atom stereocenters. The van der Waals surface area contributed by atoms with Crippen molar-refractivity contribution < 1.29 is 33.4 Å². The zero-order valence-corrected chi connectivity index (χ0v) is 7.27. The first-order chi connectivity index (χ1) is 4.69. The van der Waals surface area contributed by atoms with Gasteiger partial charge < -0.3 is 24.3 Å². The van der Waals surface area contributed by atoms with Crippen molar-refractivity contribution in [1.82, 2.24) is 0 Å². The molecule has 0 atom stereocenters. The summed E-state index contributed by atoms with van der Waals surface area (Å²) in [5, 5.41) is 0. The standard InChI is InChI=1S/C2H8O7P2/c1-9-2(10(3,4)5)11(6,7)8/h2H,1H3,(H2,3,4,5)(H2,6,7,8). The maximum absolute atomic E-state index is 10.3. The van der Waals surface area contributed by atoms with Gasteiger partial charge in [-0.25, -0.2) is 0 Å². The molecule has 68 valence electrons. The molecule has 9 heteroatoms. The molecule has 0 heterocycles. The molecular formula is C2H8O7P2. The van der Waals surface area contributed by atoms with Gasteiger partial charge in [-0.3, -0.25) is 9.13 Å². The first-order valence-electron chi connectivity index (χ1n) is 2.33. The Morgan fingerprint density at radius 2 is 1.36 bits per heavy atom. The van der Waals surface area contributed by atoms with Crippen LogP contribution >= 0.6 is 15.2 Å². The lowest BCUT2D eigenvalue weighted by Crippen LogP contribution is -2.10. The van der Waals surface area contributed by atoms with Crippen LogP contribution in [0.25, 0.3) is 0 Å². The van der Waals surface area contributed by atoms with E-state index in [9.17, 15) is 9.13 Å². The Labute approximate surface area is 62.3 Å². The second kappa shape index (κ2) is 3.33. The maximum atomic E-state index is 10.3. The number of hydrogen-bond donors (Lipinski definition) is 4. The second-order valence-corrected chi connectivity index (χ2v) is 5.44. The van der Waals surface area contributed by atoms with E-state index >= 15 is 0 Å². The molecule has 0 bridgehead atoms. The molecule has 0 aliphatic carbocycles. The van der Waals surface area contributed by atoms with E-state index in [1.165, 1.54) is 0 Å². The average Bonchev–Trinajstić information content (AvgIpc) is 1.56. The fraction of sp³-hybridized carbons (Fsp3) is 1.00. The second-order valence-electron chi connectivity index (χ2n) is 1.74. The molecule has 11 heavy (non-hydrogen) atoms. The van der Waals surface area contributed by atoms with Crippen LogP contribution in [0.2, 0.25) is 0 Å². The van der Waals surface area contributed by atoms with Crippen LogP contribution in [0.4, 0.5) is 0 Å². The van der Waals surface area contributed by atoms with Crippen LogP contribution < -0.4 is 0 Å². The van der Waals surface area contributed by atoms with Crippen molar-refractivity contribution in [3.05, 3.63) is 0 Å². The third-order valence-corrected chi connectivity index (χ3v) is 4.16. The smallest absolute Gasteiger partial charge is 0.358 e. The fourth-order valence-corrected chi connectivity index (χ4v) is 2.59. The van der Waals surface area contributed by atoms with E-state index in [-0.39, 0.29) is 0 Å². The van der Waals surface area contributed by atoms with Gasteiger partial charge in [0.05, 0.1) is 0 Å². The van der Waals surface area contributed by atoms with E-state index < -0.39 is 20.8 Å². The Morgan fingerprint density at radius 3 is 1.36 bits per heavy atom. The highest BCUT2D eigenvalue weighted by Gasteiger charge is 2.43. The lowest BCUT2D eigenvalue weighted by atomic mass is 11.5. The molecule has 0 aliphatic rings. The Kier molecular flexibility index (Phi) is 3.41. The maximum Gasteiger partial charge on any atom is 0.366 e. The van der Waals surface area contributed by atoms with Crippen molar-refractivity contribution >= 4 is 15.2 Å². The minimum absolute atomic E-state index is 0.808. The summed E-state index contributed by atoms with van der Waals surface area (Å²) in [5.74, 6) is 0. The summed E-state index contributed by atoms with van der Waals surface area (Å²) in [5.41, 5.74) is -2.35. The Morgan fingerprint density at radius 1 is 1.09 bits per heavy atom. The molecular weight excluding hydrogens is 198 g/mol. The van der Waals surface area contributed by atoms with Crippen LogP contribution in [0.3, 0.4) is 0 Å². The topological polar surface area (TPSA) is 124 Å². The predicted octanol–water partition coefficient (Wildman–Crippen LogP) is -0.728. The Bertz CT molecular complexity index is 188. The molecule has 4 N–H and O–H groups in total. The van der Waals surface area contributed by atoms with E-state index in [4.69, 9.17) is 19.6 Å². The van der Waals surface area contributed by atoms with Crippen LogP contribution in [-0.2, 0) is 13.9 Å². The summed E-state index contributed by atoms with van der Waals surface area (Å²) in [6.07, 6.45) is 0. The lowest BCUT2D eigenvalue weighted by molar-refractivity contribution is 0.161. The van der Waals surface area contributed by atoms with Crippen LogP contribution in [0.5, 0.6) is 0 Å². The van der Waals surface area contributed by atoms with Gasteiger partial charge in [0.25, 0.3) is 5.59 Å². The summed E-state index contributed by atoms with van der Waals surface area (Å²) >= 11 is 0. The number of rotatable bonds is 3. The summed E-state index contributed by atoms with van der Waals surface area (Å²) in [6, 6.07) is 0. The molecule has 0 spiro atoms. The van der Waals surface area contributed by atoms with E-state index in [1.807, 2.05) is 0 Å². The quantitative estimate of drug-likeness (QED) is 0.448. The molecule has 0 aromatic carbocycles. The molecule has 0 radical (unpaired) electrons. The highest BCUT2D eigenvalue weighted by atomic mass is 31.2. The van der Waals surface area contributed by atoms with Gasteiger partial charge in [0.1, 0.15) is 0 Å². The fourth-order valence-electron chi connectivity index (χ4n) is 0.471. The highest BCUT2D eigenvalue weighted by Crippen LogP contribution is 2.59. The van der Waals surface area contributed by atoms with Gasteiger partial charge in [0.15, 0.2) is 0 Å². The molecule has 0 saturated carbocycles. The van der Waals surface area contributed by atoms with Gasteiger partial charge >= 0.3 is 15.2 Å². The summed E-state index contributed by atoms with van der Waals surface area (Å²) in [7, 11) is -8.96. The average molecular weight is 206 g/mol. The first-order valence-corrected chi connectivity index (χ1v) is 5.69. The third kappa shape index (κ3) is 3.44.